The van der Waals surface area contributed by atoms with Gasteiger partial charge in [0, 0.05) is 12.6 Å². The number of benzene rings is 1. The van der Waals surface area contributed by atoms with Gasteiger partial charge in [-0.15, -0.1) is 0 Å². The number of aromatic hydroxyl groups is 1. The summed E-state index contributed by atoms with van der Waals surface area (Å²) < 4.78 is 22.3. The maximum atomic E-state index is 11.8. The van der Waals surface area contributed by atoms with Gasteiger partial charge in [-0.1, -0.05) is 12.1 Å². The number of anilines is 1. The Bertz CT molecular complexity index is 773. The molecule has 0 saturated heterocycles. The normalized spacial score (nSPS) is 11.1. The molecule has 1 amide bonds. The number of hydrogen-bond donors (Lipinski definition) is 3. The van der Waals surface area contributed by atoms with Crippen LogP contribution < -0.4 is 10.5 Å². The lowest BCUT2D eigenvalue weighted by molar-refractivity contribution is -0.116. The average Bonchev–Trinajstić information content (AvgIpc) is 2.47. The van der Waals surface area contributed by atoms with Crippen molar-refractivity contribution in [2.45, 2.75) is 17.7 Å². The molecule has 0 fully saturated rings. The van der Waals surface area contributed by atoms with E-state index in [-0.39, 0.29) is 28.8 Å². The SMILES string of the molecule is NS(=O)(=O)c1ccc(CCC(=O)Nc2ncccc2O)cc1. The van der Waals surface area contributed by atoms with Crippen LogP contribution in [-0.2, 0) is 21.2 Å². The molecule has 1 heterocycles. The Morgan fingerprint density at radius 1 is 1.23 bits per heavy atom. The van der Waals surface area contributed by atoms with Gasteiger partial charge < -0.3 is 10.4 Å². The zero-order valence-corrected chi connectivity index (χ0v) is 12.4. The first-order valence-corrected chi connectivity index (χ1v) is 7.96. The molecule has 0 aliphatic heterocycles. The molecule has 22 heavy (non-hydrogen) atoms. The van der Waals surface area contributed by atoms with Gasteiger partial charge in [-0.2, -0.15) is 0 Å². The number of aromatic nitrogens is 1. The second kappa shape index (κ2) is 6.54. The monoisotopic (exact) mass is 321 g/mol. The van der Waals surface area contributed by atoms with Crippen LogP contribution in [0.4, 0.5) is 5.82 Å². The number of aryl methyl sites for hydroxylation is 1. The Hall–Kier alpha value is -2.45. The molecule has 0 aliphatic rings. The molecule has 1 aromatic heterocycles. The highest BCUT2D eigenvalue weighted by Gasteiger charge is 2.09. The lowest BCUT2D eigenvalue weighted by Gasteiger charge is -2.06. The number of pyridine rings is 1. The molecule has 4 N–H and O–H groups in total. The molecule has 0 saturated carbocycles. The van der Waals surface area contributed by atoms with E-state index in [1.54, 1.807) is 18.2 Å². The molecule has 0 bridgehead atoms. The highest BCUT2D eigenvalue weighted by atomic mass is 32.2. The van der Waals surface area contributed by atoms with Gasteiger partial charge in [0.25, 0.3) is 0 Å². The van der Waals surface area contributed by atoms with Crippen molar-refractivity contribution in [1.29, 1.82) is 0 Å². The summed E-state index contributed by atoms with van der Waals surface area (Å²) in [5.74, 6) is -0.296. The van der Waals surface area contributed by atoms with E-state index >= 15 is 0 Å². The second-order valence-corrected chi connectivity index (χ2v) is 6.17. The van der Waals surface area contributed by atoms with Crippen molar-refractivity contribution in [3.05, 3.63) is 48.2 Å². The summed E-state index contributed by atoms with van der Waals surface area (Å²) in [7, 11) is -3.71. The molecule has 0 spiro atoms. The van der Waals surface area contributed by atoms with E-state index in [1.807, 2.05) is 0 Å². The number of carbonyl (C=O) groups excluding carboxylic acids is 1. The topological polar surface area (TPSA) is 122 Å². The van der Waals surface area contributed by atoms with Crippen LogP contribution >= 0.6 is 0 Å². The summed E-state index contributed by atoms with van der Waals surface area (Å²) in [5.41, 5.74) is 0.799. The molecule has 7 nitrogen and oxygen atoms in total. The van der Waals surface area contributed by atoms with Crippen LogP contribution in [0.3, 0.4) is 0 Å². The van der Waals surface area contributed by atoms with Crippen LogP contribution in [0.1, 0.15) is 12.0 Å². The summed E-state index contributed by atoms with van der Waals surface area (Å²) in [4.78, 5) is 15.7. The zero-order chi connectivity index (χ0) is 16.2. The molecule has 116 valence electrons. The molecule has 0 atom stereocenters. The smallest absolute Gasteiger partial charge is 0.238 e. The van der Waals surface area contributed by atoms with E-state index in [2.05, 4.69) is 10.3 Å². The van der Waals surface area contributed by atoms with E-state index in [0.29, 0.717) is 6.42 Å². The van der Waals surface area contributed by atoms with Gasteiger partial charge in [0.2, 0.25) is 15.9 Å². The van der Waals surface area contributed by atoms with Gasteiger partial charge in [-0.05, 0) is 36.2 Å². The highest BCUT2D eigenvalue weighted by Crippen LogP contribution is 2.18. The number of carbonyl (C=O) groups is 1. The molecule has 8 heteroatoms. The van der Waals surface area contributed by atoms with Crippen LogP contribution in [-0.4, -0.2) is 24.4 Å². The van der Waals surface area contributed by atoms with Crippen molar-refractivity contribution in [3.63, 3.8) is 0 Å². The molecule has 0 radical (unpaired) electrons. The molecule has 0 unspecified atom stereocenters. The largest absolute Gasteiger partial charge is 0.504 e. The molecule has 0 aliphatic carbocycles. The number of amides is 1. The molecule has 1 aromatic carbocycles. The number of nitrogens with two attached hydrogens (primary N) is 1. The predicted molar refractivity (Wildman–Crippen MR) is 80.7 cm³/mol. The third-order valence-electron chi connectivity index (χ3n) is 2.94. The van der Waals surface area contributed by atoms with E-state index in [9.17, 15) is 18.3 Å². The third-order valence-corrected chi connectivity index (χ3v) is 3.87. The van der Waals surface area contributed by atoms with Gasteiger partial charge in [0.15, 0.2) is 11.6 Å². The lowest BCUT2D eigenvalue weighted by Crippen LogP contribution is -2.14. The zero-order valence-electron chi connectivity index (χ0n) is 11.6. The lowest BCUT2D eigenvalue weighted by atomic mass is 10.1. The summed E-state index contributed by atoms with van der Waals surface area (Å²) in [5, 5.41) is 17.0. The first-order chi connectivity index (χ1) is 10.4. The van der Waals surface area contributed by atoms with Crippen LogP contribution in [0.5, 0.6) is 5.75 Å². The van der Waals surface area contributed by atoms with E-state index in [1.165, 1.54) is 24.4 Å². The number of hydrogen-bond acceptors (Lipinski definition) is 5. The minimum atomic E-state index is -3.71. The summed E-state index contributed by atoms with van der Waals surface area (Å²) in [6.45, 7) is 0. The molecular weight excluding hydrogens is 306 g/mol. The van der Waals surface area contributed by atoms with Crippen LogP contribution in [0.25, 0.3) is 0 Å². The number of nitrogens with one attached hydrogen (secondary N) is 1. The van der Waals surface area contributed by atoms with Crippen molar-refractivity contribution < 1.29 is 18.3 Å². The van der Waals surface area contributed by atoms with Crippen LogP contribution in [0, 0.1) is 0 Å². The average molecular weight is 321 g/mol. The highest BCUT2D eigenvalue weighted by molar-refractivity contribution is 7.89. The quantitative estimate of drug-likeness (QED) is 0.758. The maximum absolute atomic E-state index is 11.8. The Balaban J connectivity index is 1.93. The van der Waals surface area contributed by atoms with Crippen molar-refractivity contribution in [2.75, 3.05) is 5.32 Å². The van der Waals surface area contributed by atoms with Crippen LogP contribution in [0.2, 0.25) is 0 Å². The summed E-state index contributed by atoms with van der Waals surface area (Å²) >= 11 is 0. The number of primary sulfonamides is 1. The maximum Gasteiger partial charge on any atom is 0.238 e. The molecular formula is C14H15N3O4S. The van der Waals surface area contributed by atoms with Gasteiger partial charge in [-0.25, -0.2) is 18.5 Å². The fraction of sp³-hybridized carbons (Fsp3) is 0.143. The fourth-order valence-corrected chi connectivity index (χ4v) is 2.31. The Kier molecular flexibility index (Phi) is 4.74. The molecule has 2 aromatic rings. The fourth-order valence-electron chi connectivity index (χ4n) is 1.79. The van der Waals surface area contributed by atoms with Crippen molar-refractivity contribution >= 4 is 21.7 Å². The Morgan fingerprint density at radius 2 is 1.91 bits per heavy atom. The summed E-state index contributed by atoms with van der Waals surface area (Å²) in [6.07, 6.45) is 2.05. The van der Waals surface area contributed by atoms with Gasteiger partial charge in [0.1, 0.15) is 0 Å². The second-order valence-electron chi connectivity index (χ2n) is 4.61. The van der Waals surface area contributed by atoms with Gasteiger partial charge in [-0.3, -0.25) is 4.79 Å². The predicted octanol–water partition coefficient (Wildman–Crippen LogP) is 1.01. The van der Waals surface area contributed by atoms with E-state index in [4.69, 9.17) is 5.14 Å². The minimum absolute atomic E-state index is 0.0270. The number of sulfonamides is 1. The number of rotatable bonds is 5. The standard InChI is InChI=1S/C14H15N3O4S/c15-22(20,21)11-6-3-10(4-7-11)5-8-13(19)17-14-12(18)2-1-9-16-14/h1-4,6-7,9,18H,5,8H2,(H2,15,20,21)(H,16,17,19). The Labute approximate surface area is 127 Å². The van der Waals surface area contributed by atoms with Gasteiger partial charge in [0.05, 0.1) is 4.90 Å². The first-order valence-electron chi connectivity index (χ1n) is 6.42. The van der Waals surface area contributed by atoms with Gasteiger partial charge >= 0.3 is 0 Å². The third kappa shape index (κ3) is 4.27. The number of nitrogens with zero attached hydrogens (tertiary/aromatic N) is 1. The van der Waals surface area contributed by atoms with Crippen molar-refractivity contribution in [3.8, 4) is 5.75 Å². The molecule has 2 rings (SSSR count). The summed E-state index contributed by atoms with van der Waals surface area (Å²) in [6, 6.07) is 8.98. The van der Waals surface area contributed by atoms with Crippen molar-refractivity contribution in [1.82, 2.24) is 4.98 Å². The minimum Gasteiger partial charge on any atom is -0.504 e. The Morgan fingerprint density at radius 3 is 2.50 bits per heavy atom. The van der Waals surface area contributed by atoms with Crippen LogP contribution in [0.15, 0.2) is 47.5 Å². The van der Waals surface area contributed by atoms with E-state index < -0.39 is 10.0 Å². The first kappa shape index (κ1) is 15.9. The van der Waals surface area contributed by atoms with Crippen molar-refractivity contribution in [2.24, 2.45) is 5.14 Å². The van der Waals surface area contributed by atoms with E-state index in [0.717, 1.165) is 5.56 Å².